The maximum atomic E-state index is 14.5. The summed E-state index contributed by atoms with van der Waals surface area (Å²) in [4.78, 5) is 24.5. The molecule has 0 saturated carbocycles. The average molecular weight is 503 g/mol. The molecule has 9 nitrogen and oxygen atoms in total. The van der Waals surface area contributed by atoms with Crippen molar-refractivity contribution in [2.24, 2.45) is 0 Å². The number of aromatic nitrogens is 2. The van der Waals surface area contributed by atoms with Gasteiger partial charge in [-0.3, -0.25) is 4.79 Å². The summed E-state index contributed by atoms with van der Waals surface area (Å²) in [6, 6.07) is 8.28. The van der Waals surface area contributed by atoms with Crippen molar-refractivity contribution in [3.05, 3.63) is 65.9 Å². The molecule has 1 amide bonds. The lowest BCUT2D eigenvalue weighted by molar-refractivity contribution is -0.120. The van der Waals surface area contributed by atoms with Crippen LogP contribution in [0.15, 0.2) is 53.6 Å². The normalized spacial score (nSPS) is 16.0. The summed E-state index contributed by atoms with van der Waals surface area (Å²) in [6.45, 7) is 2.08. The number of nitrogens with zero attached hydrogens (tertiary/aromatic N) is 5. The fourth-order valence-electron chi connectivity index (χ4n) is 3.79. The lowest BCUT2D eigenvalue weighted by Crippen LogP contribution is -2.46. The van der Waals surface area contributed by atoms with Gasteiger partial charge in [-0.05, 0) is 36.4 Å². The Morgan fingerprint density at radius 1 is 1.09 bits per heavy atom. The Hall–Kier alpha value is -3.64. The molecule has 0 aliphatic carbocycles. The van der Waals surface area contributed by atoms with Gasteiger partial charge in [-0.2, -0.15) is 4.98 Å². The Labute approximate surface area is 202 Å². The molecule has 1 aromatic heterocycles. The zero-order chi connectivity index (χ0) is 25.5. The Morgan fingerprint density at radius 2 is 1.71 bits per heavy atom. The number of fused-ring (bicyclic) bond motifs is 1. The van der Waals surface area contributed by atoms with Gasteiger partial charge < -0.3 is 15.1 Å². The highest BCUT2D eigenvalue weighted by molar-refractivity contribution is 7.89. The number of carbonyl (C=O) groups is 1. The molecule has 0 spiro atoms. The van der Waals surface area contributed by atoms with Gasteiger partial charge >= 0.3 is 0 Å². The zero-order valence-electron chi connectivity index (χ0n) is 19.5. The van der Waals surface area contributed by atoms with Crippen LogP contribution in [0.2, 0.25) is 0 Å². The molecular formula is C23H24F2N6O3S. The fraction of sp³-hybridized carbons (Fsp3) is 0.261. The van der Waals surface area contributed by atoms with E-state index in [1.807, 2.05) is 0 Å². The van der Waals surface area contributed by atoms with E-state index >= 15 is 0 Å². The smallest absolute Gasteiger partial charge is 0.254 e. The van der Waals surface area contributed by atoms with Crippen LogP contribution < -0.4 is 15.1 Å². The number of hydrogen-bond acceptors (Lipinski definition) is 7. The summed E-state index contributed by atoms with van der Waals surface area (Å²) in [5, 5.41) is 2.99. The highest BCUT2D eigenvalue weighted by Crippen LogP contribution is 2.40. The molecule has 0 bridgehead atoms. The maximum Gasteiger partial charge on any atom is 0.254 e. The Balaban J connectivity index is 1.65. The Bertz CT molecular complexity index is 1360. The van der Waals surface area contributed by atoms with Crippen LogP contribution in [-0.4, -0.2) is 56.3 Å². The van der Waals surface area contributed by atoms with Crippen molar-refractivity contribution >= 4 is 39.1 Å². The highest BCUT2D eigenvalue weighted by Gasteiger charge is 2.40. The van der Waals surface area contributed by atoms with E-state index in [2.05, 4.69) is 15.3 Å². The number of amides is 1. The zero-order valence-corrected chi connectivity index (χ0v) is 20.3. The van der Waals surface area contributed by atoms with E-state index in [9.17, 15) is 22.0 Å². The molecule has 3 aromatic rings. The third kappa shape index (κ3) is 4.30. The van der Waals surface area contributed by atoms with Gasteiger partial charge in [-0.25, -0.2) is 26.5 Å². The third-order valence-corrected chi connectivity index (χ3v) is 7.88. The Morgan fingerprint density at radius 3 is 2.31 bits per heavy atom. The molecule has 0 fully saturated rings. The van der Waals surface area contributed by atoms with Gasteiger partial charge in [0.15, 0.2) is 5.82 Å². The summed E-state index contributed by atoms with van der Waals surface area (Å²) >= 11 is 0. The maximum absolute atomic E-state index is 14.5. The van der Waals surface area contributed by atoms with Crippen LogP contribution in [0.3, 0.4) is 0 Å². The van der Waals surface area contributed by atoms with Crippen LogP contribution >= 0.6 is 0 Å². The lowest BCUT2D eigenvalue weighted by atomic mass is 10.0. The van der Waals surface area contributed by atoms with Crippen molar-refractivity contribution < 1.29 is 22.0 Å². The first-order valence-corrected chi connectivity index (χ1v) is 12.1. The van der Waals surface area contributed by atoms with Crippen molar-refractivity contribution in [2.45, 2.75) is 17.9 Å². The highest BCUT2D eigenvalue weighted by atomic mass is 32.2. The minimum atomic E-state index is -3.58. The minimum Gasteiger partial charge on any atom is -0.342 e. The predicted octanol–water partition coefficient (Wildman–Crippen LogP) is 3.29. The molecule has 1 N–H and O–H groups in total. The lowest BCUT2D eigenvalue weighted by Gasteiger charge is -2.38. The number of rotatable bonds is 6. The number of anilines is 4. The number of likely N-dealkylation sites (N-methyl/N-ethyl adjacent to an activating group) is 2. The molecule has 0 saturated heterocycles. The molecule has 35 heavy (non-hydrogen) atoms. The summed E-state index contributed by atoms with van der Waals surface area (Å²) in [7, 11) is 0.939. The van der Waals surface area contributed by atoms with Gasteiger partial charge in [0.1, 0.15) is 23.4 Å². The molecule has 12 heteroatoms. The second kappa shape index (κ2) is 9.19. The van der Waals surface area contributed by atoms with Crippen LogP contribution in [-0.2, 0) is 14.8 Å². The number of nitrogens with one attached hydrogen (secondary N) is 1. The molecule has 1 atom stereocenters. The standard InChI is InChI=1S/C23H24F2N6O3S/c1-5-29(2)35(33,34)15-11-9-14(10-12-15)27-23-26-13-18-21(28-23)31(4)20(22(32)30(18)3)19-16(24)7-6-8-17(19)25/h6-13,20H,5H2,1-4H3,(H,26,27,28). The van der Waals surface area contributed by atoms with E-state index in [-0.39, 0.29) is 16.4 Å². The van der Waals surface area contributed by atoms with E-state index < -0.39 is 33.6 Å². The van der Waals surface area contributed by atoms with Crippen LogP contribution in [0.4, 0.5) is 31.9 Å². The van der Waals surface area contributed by atoms with Gasteiger partial charge in [0.2, 0.25) is 16.0 Å². The first-order chi connectivity index (χ1) is 16.6. The third-order valence-electron chi connectivity index (χ3n) is 5.93. The molecule has 4 rings (SSSR count). The van der Waals surface area contributed by atoms with Crippen molar-refractivity contribution in [1.29, 1.82) is 0 Å². The second-order valence-electron chi connectivity index (χ2n) is 8.02. The number of halogens is 2. The van der Waals surface area contributed by atoms with Gasteiger partial charge in [0, 0.05) is 33.4 Å². The van der Waals surface area contributed by atoms with Gasteiger partial charge in [0.05, 0.1) is 16.7 Å². The molecule has 1 aliphatic rings. The first kappa shape index (κ1) is 24.5. The monoisotopic (exact) mass is 502 g/mol. The number of carbonyl (C=O) groups excluding carboxylic acids is 1. The number of hydrogen-bond donors (Lipinski definition) is 1. The number of benzene rings is 2. The van der Waals surface area contributed by atoms with E-state index in [4.69, 9.17) is 0 Å². The summed E-state index contributed by atoms with van der Waals surface area (Å²) in [5.41, 5.74) is 0.544. The van der Waals surface area contributed by atoms with Crippen molar-refractivity contribution in [3.8, 4) is 0 Å². The van der Waals surface area contributed by atoms with E-state index in [1.165, 1.54) is 59.6 Å². The Kier molecular flexibility index (Phi) is 6.43. The van der Waals surface area contributed by atoms with Crippen molar-refractivity contribution in [3.63, 3.8) is 0 Å². The molecule has 184 valence electrons. The fourth-order valence-corrected chi connectivity index (χ4v) is 4.97. The van der Waals surface area contributed by atoms with Crippen molar-refractivity contribution in [1.82, 2.24) is 14.3 Å². The quantitative estimate of drug-likeness (QED) is 0.552. The first-order valence-electron chi connectivity index (χ1n) is 10.7. The second-order valence-corrected chi connectivity index (χ2v) is 10.1. The van der Waals surface area contributed by atoms with Crippen LogP contribution in [0.25, 0.3) is 0 Å². The minimum absolute atomic E-state index is 0.147. The van der Waals surface area contributed by atoms with Gasteiger partial charge in [-0.1, -0.05) is 13.0 Å². The van der Waals surface area contributed by atoms with Crippen LogP contribution in [0, 0.1) is 11.6 Å². The molecule has 0 radical (unpaired) electrons. The van der Waals surface area contributed by atoms with Crippen LogP contribution in [0.5, 0.6) is 0 Å². The van der Waals surface area contributed by atoms with E-state index in [1.54, 1.807) is 19.1 Å². The topological polar surface area (TPSA) is 98.7 Å². The summed E-state index contributed by atoms with van der Waals surface area (Å²) in [5.74, 6) is -1.73. The van der Waals surface area contributed by atoms with Gasteiger partial charge in [-0.15, -0.1) is 0 Å². The SMILES string of the molecule is CCN(C)S(=O)(=O)c1ccc(Nc2ncc3c(n2)N(C)C(c2c(F)cccc2F)C(=O)N3C)cc1. The average Bonchev–Trinajstić information content (AvgIpc) is 2.84. The van der Waals surface area contributed by atoms with Gasteiger partial charge in [0.25, 0.3) is 5.91 Å². The molecule has 1 aliphatic heterocycles. The van der Waals surface area contributed by atoms with Crippen LogP contribution in [0.1, 0.15) is 18.5 Å². The molecule has 1 unspecified atom stereocenters. The largest absolute Gasteiger partial charge is 0.342 e. The predicted molar refractivity (Wildman–Crippen MR) is 128 cm³/mol. The molecular weight excluding hydrogens is 478 g/mol. The van der Waals surface area contributed by atoms with E-state index in [0.29, 0.717) is 23.7 Å². The summed E-state index contributed by atoms with van der Waals surface area (Å²) in [6.07, 6.45) is 1.43. The summed E-state index contributed by atoms with van der Waals surface area (Å²) < 4.78 is 55.2. The molecule has 2 heterocycles. The van der Waals surface area contributed by atoms with Crippen molar-refractivity contribution in [2.75, 3.05) is 42.8 Å². The van der Waals surface area contributed by atoms with E-state index in [0.717, 1.165) is 12.1 Å². The number of sulfonamides is 1. The molecule has 2 aromatic carbocycles.